The average molecular weight is 282 g/mol. The molecule has 3 fully saturated rings. The summed E-state index contributed by atoms with van der Waals surface area (Å²) in [5.74, 6) is 2.42. The van der Waals surface area contributed by atoms with Gasteiger partial charge in [-0.15, -0.1) is 0 Å². The summed E-state index contributed by atoms with van der Waals surface area (Å²) < 4.78 is 0. The van der Waals surface area contributed by atoms with E-state index >= 15 is 0 Å². The molecule has 19 heavy (non-hydrogen) atoms. The molecule has 2 aliphatic heterocycles. The predicted molar refractivity (Wildman–Crippen MR) is 84.9 cm³/mol. The van der Waals surface area contributed by atoms with Gasteiger partial charge in [-0.2, -0.15) is 11.8 Å². The first-order valence-corrected chi connectivity index (χ1v) is 9.55. The molecule has 0 bridgehead atoms. The molecule has 3 rings (SSSR count). The lowest BCUT2D eigenvalue weighted by Gasteiger charge is -2.30. The Morgan fingerprint density at radius 3 is 2.53 bits per heavy atom. The second-order valence-electron chi connectivity index (χ2n) is 6.61. The van der Waals surface area contributed by atoms with Crippen LogP contribution in [0.15, 0.2) is 0 Å². The van der Waals surface area contributed by atoms with E-state index < -0.39 is 0 Å². The zero-order chi connectivity index (χ0) is 12.9. The monoisotopic (exact) mass is 282 g/mol. The van der Waals surface area contributed by atoms with Crippen LogP contribution in [0, 0.1) is 5.92 Å². The molecule has 1 unspecified atom stereocenters. The quantitative estimate of drug-likeness (QED) is 0.834. The Bertz CT molecular complexity index is 259. The Morgan fingerprint density at radius 1 is 0.947 bits per heavy atom. The lowest BCUT2D eigenvalue weighted by Crippen LogP contribution is -2.36. The molecule has 1 aliphatic carbocycles. The lowest BCUT2D eigenvalue weighted by atomic mass is 9.96. The third kappa shape index (κ3) is 3.89. The van der Waals surface area contributed by atoms with Crippen molar-refractivity contribution in [2.75, 3.05) is 31.9 Å². The number of nitrogens with one attached hydrogen (secondary N) is 1. The fourth-order valence-electron chi connectivity index (χ4n) is 4.30. The van der Waals surface area contributed by atoms with Crippen LogP contribution >= 0.6 is 11.8 Å². The van der Waals surface area contributed by atoms with Crippen molar-refractivity contribution in [2.24, 2.45) is 5.92 Å². The van der Waals surface area contributed by atoms with Crippen LogP contribution in [0.5, 0.6) is 0 Å². The zero-order valence-electron chi connectivity index (χ0n) is 12.3. The highest BCUT2D eigenvalue weighted by atomic mass is 32.2. The molecule has 3 aliphatic rings. The average Bonchev–Trinajstić information content (AvgIpc) is 3.10. The molecule has 0 amide bonds. The summed E-state index contributed by atoms with van der Waals surface area (Å²) in [7, 11) is 0. The van der Waals surface area contributed by atoms with Gasteiger partial charge in [0.15, 0.2) is 0 Å². The van der Waals surface area contributed by atoms with Gasteiger partial charge in [0.2, 0.25) is 0 Å². The van der Waals surface area contributed by atoms with E-state index in [1.807, 2.05) is 0 Å². The van der Waals surface area contributed by atoms with E-state index in [0.717, 1.165) is 17.2 Å². The highest BCUT2D eigenvalue weighted by molar-refractivity contribution is 7.99. The molecule has 3 heteroatoms. The first kappa shape index (κ1) is 14.2. The number of nitrogens with zero attached hydrogens (tertiary/aromatic N) is 1. The molecule has 2 saturated heterocycles. The van der Waals surface area contributed by atoms with Crippen LogP contribution in [0.2, 0.25) is 0 Å². The smallest absolute Gasteiger partial charge is 0.0124 e. The minimum Gasteiger partial charge on any atom is -0.317 e. The van der Waals surface area contributed by atoms with Crippen LogP contribution in [-0.4, -0.2) is 48.1 Å². The number of hydrogen-bond acceptors (Lipinski definition) is 3. The summed E-state index contributed by atoms with van der Waals surface area (Å²) in [6.45, 7) is 5.22. The van der Waals surface area contributed by atoms with Crippen LogP contribution in [0.1, 0.15) is 51.4 Å². The Morgan fingerprint density at radius 2 is 1.74 bits per heavy atom. The van der Waals surface area contributed by atoms with E-state index in [0.29, 0.717) is 0 Å². The van der Waals surface area contributed by atoms with Gasteiger partial charge in [0.05, 0.1) is 0 Å². The highest BCUT2D eigenvalue weighted by Crippen LogP contribution is 2.35. The van der Waals surface area contributed by atoms with Gasteiger partial charge in [0, 0.05) is 23.6 Å². The Labute approximate surface area is 123 Å². The van der Waals surface area contributed by atoms with Gasteiger partial charge < -0.3 is 5.32 Å². The zero-order valence-corrected chi connectivity index (χ0v) is 13.1. The van der Waals surface area contributed by atoms with Crippen molar-refractivity contribution < 1.29 is 0 Å². The van der Waals surface area contributed by atoms with Gasteiger partial charge in [-0.3, -0.25) is 4.90 Å². The third-order valence-electron chi connectivity index (χ3n) is 5.38. The summed E-state index contributed by atoms with van der Waals surface area (Å²) >= 11 is 2.25. The van der Waals surface area contributed by atoms with Crippen LogP contribution in [-0.2, 0) is 0 Å². The largest absolute Gasteiger partial charge is 0.317 e. The second kappa shape index (κ2) is 7.33. The summed E-state index contributed by atoms with van der Waals surface area (Å²) in [4.78, 5) is 2.84. The molecule has 0 radical (unpaired) electrons. The predicted octanol–water partition coefficient (Wildman–Crippen LogP) is 3.13. The molecular formula is C16H30N2S. The number of thioether (sulfide) groups is 1. The van der Waals surface area contributed by atoms with Crippen molar-refractivity contribution in [2.45, 2.75) is 62.7 Å². The first-order chi connectivity index (χ1) is 9.43. The van der Waals surface area contributed by atoms with Crippen LogP contribution in [0.4, 0.5) is 0 Å². The van der Waals surface area contributed by atoms with Crippen molar-refractivity contribution in [3.8, 4) is 0 Å². The molecule has 1 N–H and O–H groups in total. The summed E-state index contributed by atoms with van der Waals surface area (Å²) in [6.07, 6.45) is 11.7. The van der Waals surface area contributed by atoms with Gasteiger partial charge >= 0.3 is 0 Å². The number of rotatable bonds is 5. The molecule has 0 aromatic rings. The minimum atomic E-state index is 0.939. The van der Waals surface area contributed by atoms with E-state index in [1.165, 1.54) is 83.3 Å². The maximum Gasteiger partial charge on any atom is 0.0124 e. The van der Waals surface area contributed by atoms with Crippen LogP contribution < -0.4 is 5.32 Å². The molecule has 2 heterocycles. The van der Waals surface area contributed by atoms with E-state index in [2.05, 4.69) is 22.0 Å². The van der Waals surface area contributed by atoms with E-state index in [1.54, 1.807) is 0 Å². The maximum atomic E-state index is 3.47. The van der Waals surface area contributed by atoms with E-state index in [9.17, 15) is 0 Å². The Hall–Kier alpha value is 0.270. The SMILES string of the molecule is C1CCC(C2CCCN2CCSC2CCNCC2)C1. The molecule has 0 aromatic heterocycles. The van der Waals surface area contributed by atoms with E-state index in [-0.39, 0.29) is 0 Å². The van der Waals surface area contributed by atoms with Crippen LogP contribution in [0.25, 0.3) is 0 Å². The molecule has 0 aromatic carbocycles. The molecule has 2 nitrogen and oxygen atoms in total. The molecule has 110 valence electrons. The Balaban J connectivity index is 1.38. The molecule has 1 saturated carbocycles. The van der Waals surface area contributed by atoms with Crippen molar-refractivity contribution >= 4 is 11.8 Å². The number of piperidine rings is 1. The van der Waals surface area contributed by atoms with Crippen LogP contribution in [0.3, 0.4) is 0 Å². The topological polar surface area (TPSA) is 15.3 Å². The van der Waals surface area contributed by atoms with Crippen molar-refractivity contribution in [1.29, 1.82) is 0 Å². The minimum absolute atomic E-state index is 0.939. The molecule has 1 atom stereocenters. The van der Waals surface area contributed by atoms with Gasteiger partial charge in [-0.25, -0.2) is 0 Å². The van der Waals surface area contributed by atoms with Gasteiger partial charge in [0.25, 0.3) is 0 Å². The van der Waals surface area contributed by atoms with Gasteiger partial charge in [0.1, 0.15) is 0 Å². The van der Waals surface area contributed by atoms with Crippen molar-refractivity contribution in [3.63, 3.8) is 0 Å². The maximum absolute atomic E-state index is 3.47. The summed E-state index contributed by atoms with van der Waals surface area (Å²) in [5, 5.41) is 4.41. The number of likely N-dealkylation sites (tertiary alicyclic amines) is 1. The van der Waals surface area contributed by atoms with Crippen molar-refractivity contribution in [3.05, 3.63) is 0 Å². The second-order valence-corrected chi connectivity index (χ2v) is 8.02. The molecule has 0 spiro atoms. The summed E-state index contributed by atoms with van der Waals surface area (Å²) in [6, 6.07) is 0.955. The number of hydrogen-bond donors (Lipinski definition) is 1. The molecular weight excluding hydrogens is 252 g/mol. The standard InChI is InChI=1S/C16H30N2S/c1-2-5-14(4-1)16-6-3-11-18(16)12-13-19-15-7-9-17-10-8-15/h14-17H,1-13H2. The third-order valence-corrected chi connectivity index (χ3v) is 6.74. The van der Waals surface area contributed by atoms with Gasteiger partial charge in [-0.1, -0.05) is 12.8 Å². The normalized spacial score (nSPS) is 31.3. The van der Waals surface area contributed by atoms with Crippen molar-refractivity contribution in [1.82, 2.24) is 10.2 Å². The highest BCUT2D eigenvalue weighted by Gasteiger charge is 2.32. The first-order valence-electron chi connectivity index (χ1n) is 8.50. The van der Waals surface area contributed by atoms with E-state index in [4.69, 9.17) is 0 Å². The fraction of sp³-hybridized carbons (Fsp3) is 1.00. The Kier molecular flexibility index (Phi) is 5.48. The van der Waals surface area contributed by atoms with Gasteiger partial charge in [-0.05, 0) is 64.1 Å². The fourth-order valence-corrected chi connectivity index (χ4v) is 5.55. The lowest BCUT2D eigenvalue weighted by molar-refractivity contribution is 0.201. The summed E-state index contributed by atoms with van der Waals surface area (Å²) in [5.41, 5.74) is 0.